The van der Waals surface area contributed by atoms with Gasteiger partial charge < -0.3 is 14.6 Å². The van der Waals surface area contributed by atoms with Crippen LogP contribution in [0.2, 0.25) is 0 Å². The Morgan fingerprint density at radius 1 is 1.35 bits per heavy atom. The van der Waals surface area contributed by atoms with Crippen LogP contribution in [0, 0.1) is 5.92 Å². The van der Waals surface area contributed by atoms with Crippen molar-refractivity contribution in [3.63, 3.8) is 0 Å². The Morgan fingerprint density at radius 2 is 2.05 bits per heavy atom. The number of ether oxygens (including phenoxy) is 2. The molecule has 1 heterocycles. The lowest BCUT2D eigenvalue weighted by molar-refractivity contribution is -0.137. The SMILES string of the molecule is C[C@H](/C=C\C[C@@H]1COC(C)(C)O1)[C@@H](O)c1ccccc1. The molecule has 0 saturated carbocycles. The van der Waals surface area contributed by atoms with E-state index in [0.29, 0.717) is 6.61 Å². The van der Waals surface area contributed by atoms with Crippen molar-refractivity contribution in [2.75, 3.05) is 6.61 Å². The van der Waals surface area contributed by atoms with E-state index in [1.165, 1.54) is 0 Å². The van der Waals surface area contributed by atoms with Gasteiger partial charge in [0.15, 0.2) is 5.79 Å². The van der Waals surface area contributed by atoms with Crippen LogP contribution in [-0.4, -0.2) is 23.6 Å². The van der Waals surface area contributed by atoms with Crippen molar-refractivity contribution < 1.29 is 14.6 Å². The number of benzene rings is 1. The van der Waals surface area contributed by atoms with Gasteiger partial charge in [-0.05, 0) is 25.8 Å². The maximum absolute atomic E-state index is 10.3. The van der Waals surface area contributed by atoms with E-state index in [9.17, 15) is 5.11 Å². The topological polar surface area (TPSA) is 38.7 Å². The van der Waals surface area contributed by atoms with Gasteiger partial charge in [-0.1, -0.05) is 49.4 Å². The zero-order valence-electron chi connectivity index (χ0n) is 12.5. The molecular formula is C17H24O3. The zero-order valence-corrected chi connectivity index (χ0v) is 12.5. The molecular weight excluding hydrogens is 252 g/mol. The number of hydrogen-bond donors (Lipinski definition) is 1. The van der Waals surface area contributed by atoms with Crippen molar-refractivity contribution in [3.05, 3.63) is 48.0 Å². The van der Waals surface area contributed by atoms with Crippen molar-refractivity contribution in [2.45, 2.75) is 45.2 Å². The summed E-state index contributed by atoms with van der Waals surface area (Å²) in [5, 5.41) is 10.3. The molecule has 110 valence electrons. The standard InChI is InChI=1S/C17H24O3/c1-13(16(18)14-9-5-4-6-10-14)8-7-11-15-12-19-17(2,3)20-15/h4-10,13,15-16,18H,11-12H2,1-3H3/b8-7-/t13-,15-,16-/m1/s1. The third-order valence-electron chi connectivity index (χ3n) is 3.55. The number of rotatable bonds is 5. The largest absolute Gasteiger partial charge is 0.388 e. The molecule has 0 radical (unpaired) electrons. The number of aliphatic hydroxyl groups is 1. The summed E-state index contributed by atoms with van der Waals surface area (Å²) in [6.07, 6.45) is 4.58. The molecule has 3 nitrogen and oxygen atoms in total. The maximum atomic E-state index is 10.3. The molecule has 3 atom stereocenters. The average molecular weight is 276 g/mol. The van der Waals surface area contributed by atoms with Gasteiger partial charge in [-0.25, -0.2) is 0 Å². The van der Waals surface area contributed by atoms with Crippen molar-refractivity contribution in [1.82, 2.24) is 0 Å². The Hall–Kier alpha value is -1.16. The Balaban J connectivity index is 1.82. The van der Waals surface area contributed by atoms with Gasteiger partial charge in [-0.2, -0.15) is 0 Å². The second-order valence-electron chi connectivity index (χ2n) is 5.83. The minimum atomic E-state index is -0.468. The van der Waals surface area contributed by atoms with E-state index in [-0.39, 0.29) is 12.0 Å². The van der Waals surface area contributed by atoms with Gasteiger partial charge in [-0.15, -0.1) is 0 Å². The normalized spacial score (nSPS) is 24.9. The highest BCUT2D eigenvalue weighted by Gasteiger charge is 2.31. The molecule has 3 heteroatoms. The van der Waals surface area contributed by atoms with Gasteiger partial charge in [0.2, 0.25) is 0 Å². The third kappa shape index (κ3) is 4.17. The molecule has 20 heavy (non-hydrogen) atoms. The molecule has 2 rings (SSSR count). The molecule has 1 N–H and O–H groups in total. The van der Waals surface area contributed by atoms with Gasteiger partial charge in [0.25, 0.3) is 0 Å². The fourth-order valence-electron chi connectivity index (χ4n) is 2.38. The smallest absolute Gasteiger partial charge is 0.163 e. The predicted molar refractivity (Wildman–Crippen MR) is 79.2 cm³/mol. The van der Waals surface area contributed by atoms with Crippen LogP contribution in [-0.2, 0) is 9.47 Å². The highest BCUT2D eigenvalue weighted by molar-refractivity contribution is 5.19. The number of aliphatic hydroxyl groups excluding tert-OH is 1. The van der Waals surface area contributed by atoms with Gasteiger partial charge in [0.1, 0.15) is 0 Å². The Morgan fingerprint density at radius 3 is 2.65 bits per heavy atom. The molecule has 0 amide bonds. The van der Waals surface area contributed by atoms with E-state index >= 15 is 0 Å². The fraction of sp³-hybridized carbons (Fsp3) is 0.529. The Kier molecular flexibility index (Phi) is 4.97. The molecule has 1 aromatic rings. The first kappa shape index (κ1) is 15.2. The van der Waals surface area contributed by atoms with Crippen molar-refractivity contribution in [3.8, 4) is 0 Å². The summed E-state index contributed by atoms with van der Waals surface area (Å²) in [6, 6.07) is 9.74. The molecule has 1 aromatic carbocycles. The molecule has 0 unspecified atom stereocenters. The predicted octanol–water partition coefficient (Wildman–Crippen LogP) is 3.45. The van der Waals surface area contributed by atoms with E-state index < -0.39 is 11.9 Å². The first-order valence-corrected chi connectivity index (χ1v) is 7.19. The lowest BCUT2D eigenvalue weighted by Crippen LogP contribution is -2.21. The fourth-order valence-corrected chi connectivity index (χ4v) is 2.38. The van der Waals surface area contributed by atoms with Crippen LogP contribution in [0.1, 0.15) is 38.9 Å². The van der Waals surface area contributed by atoms with Gasteiger partial charge in [-0.3, -0.25) is 0 Å². The summed E-state index contributed by atoms with van der Waals surface area (Å²) in [4.78, 5) is 0. The van der Waals surface area contributed by atoms with Crippen molar-refractivity contribution >= 4 is 0 Å². The summed E-state index contributed by atoms with van der Waals surface area (Å²) in [7, 11) is 0. The molecule has 1 aliphatic rings. The van der Waals surface area contributed by atoms with Crippen LogP contribution in [0.15, 0.2) is 42.5 Å². The molecule has 0 bridgehead atoms. The molecule has 0 aromatic heterocycles. The van der Waals surface area contributed by atoms with E-state index in [0.717, 1.165) is 12.0 Å². The Bertz CT molecular complexity index is 439. The summed E-state index contributed by atoms with van der Waals surface area (Å²) >= 11 is 0. The summed E-state index contributed by atoms with van der Waals surface area (Å²) < 4.78 is 11.3. The van der Waals surface area contributed by atoms with Gasteiger partial charge >= 0.3 is 0 Å². The molecule has 1 aliphatic heterocycles. The van der Waals surface area contributed by atoms with E-state index in [2.05, 4.69) is 6.08 Å². The highest BCUT2D eigenvalue weighted by Crippen LogP contribution is 2.26. The van der Waals surface area contributed by atoms with E-state index in [1.54, 1.807) is 0 Å². The average Bonchev–Trinajstić information content (AvgIpc) is 2.78. The maximum Gasteiger partial charge on any atom is 0.163 e. The Labute approximate surface area is 121 Å². The summed E-state index contributed by atoms with van der Waals surface area (Å²) in [5.41, 5.74) is 0.950. The van der Waals surface area contributed by atoms with Crippen molar-refractivity contribution in [2.24, 2.45) is 5.92 Å². The van der Waals surface area contributed by atoms with Gasteiger partial charge in [0, 0.05) is 5.92 Å². The van der Waals surface area contributed by atoms with Crippen LogP contribution in [0.5, 0.6) is 0 Å². The van der Waals surface area contributed by atoms with Crippen molar-refractivity contribution in [1.29, 1.82) is 0 Å². The molecule has 0 aliphatic carbocycles. The lowest BCUT2D eigenvalue weighted by atomic mass is 9.96. The van der Waals surface area contributed by atoms with Gasteiger partial charge in [0.05, 0.1) is 18.8 Å². The number of hydrogen-bond acceptors (Lipinski definition) is 3. The van der Waals surface area contributed by atoms with E-state index in [4.69, 9.17) is 9.47 Å². The summed E-state index contributed by atoms with van der Waals surface area (Å²) in [5.74, 6) is -0.388. The highest BCUT2D eigenvalue weighted by atomic mass is 16.7. The molecule has 1 saturated heterocycles. The van der Waals surface area contributed by atoms with Crippen LogP contribution < -0.4 is 0 Å². The monoisotopic (exact) mass is 276 g/mol. The second kappa shape index (κ2) is 6.53. The minimum absolute atomic E-state index is 0.0766. The zero-order chi connectivity index (χ0) is 14.6. The van der Waals surface area contributed by atoms with E-state index in [1.807, 2.05) is 57.2 Å². The van der Waals surface area contributed by atoms with Crippen LogP contribution in [0.25, 0.3) is 0 Å². The molecule has 1 fully saturated rings. The lowest BCUT2D eigenvalue weighted by Gasteiger charge is -2.17. The third-order valence-corrected chi connectivity index (χ3v) is 3.55. The quantitative estimate of drug-likeness (QED) is 0.837. The van der Waals surface area contributed by atoms with Crippen LogP contribution >= 0.6 is 0 Å². The first-order chi connectivity index (χ1) is 9.48. The molecule has 0 spiro atoms. The van der Waals surface area contributed by atoms with Crippen LogP contribution in [0.4, 0.5) is 0 Å². The van der Waals surface area contributed by atoms with Crippen LogP contribution in [0.3, 0.4) is 0 Å². The minimum Gasteiger partial charge on any atom is -0.388 e. The summed E-state index contributed by atoms with van der Waals surface area (Å²) in [6.45, 7) is 6.51. The first-order valence-electron chi connectivity index (χ1n) is 7.19. The second-order valence-corrected chi connectivity index (χ2v) is 5.83.